The van der Waals surface area contributed by atoms with Gasteiger partial charge in [-0.3, -0.25) is 0 Å². The Kier molecular flexibility index (Phi) is 3.16. The van der Waals surface area contributed by atoms with E-state index in [4.69, 9.17) is 0 Å². The maximum atomic E-state index is 2.47. The molecule has 0 saturated heterocycles. The fourth-order valence-corrected chi connectivity index (χ4v) is 5.31. The van der Waals surface area contributed by atoms with Crippen LogP contribution in [0, 0.1) is 11.3 Å². The zero-order chi connectivity index (χ0) is 13.6. The molecule has 0 radical (unpaired) electrons. The van der Waals surface area contributed by atoms with Gasteiger partial charge in [0.25, 0.3) is 0 Å². The van der Waals surface area contributed by atoms with Crippen molar-refractivity contribution in [1.82, 2.24) is 0 Å². The molecule has 1 spiro atoms. The average Bonchev–Trinajstić information content (AvgIpc) is 3.06. The van der Waals surface area contributed by atoms with Crippen molar-refractivity contribution in [1.29, 1.82) is 0 Å². The number of hydrogen-bond donors (Lipinski definition) is 0. The van der Waals surface area contributed by atoms with Crippen molar-refractivity contribution >= 4 is 0 Å². The van der Waals surface area contributed by atoms with Gasteiger partial charge >= 0.3 is 0 Å². The van der Waals surface area contributed by atoms with Gasteiger partial charge in [0, 0.05) is 0 Å². The molecule has 0 bridgehead atoms. The second-order valence-corrected chi connectivity index (χ2v) is 8.00. The molecular formula is C20H28. The maximum Gasteiger partial charge on any atom is -0.0159 e. The third-order valence-electron chi connectivity index (χ3n) is 6.55. The normalized spacial score (nSPS) is 31.6. The molecule has 0 nitrogen and oxygen atoms in total. The molecule has 0 aliphatic heterocycles. The highest BCUT2D eigenvalue weighted by molar-refractivity contribution is 5.43. The van der Waals surface area contributed by atoms with Crippen molar-refractivity contribution in [3.8, 4) is 0 Å². The smallest absolute Gasteiger partial charge is 0.0159 e. The van der Waals surface area contributed by atoms with Gasteiger partial charge in [0.15, 0.2) is 0 Å². The zero-order valence-electron chi connectivity index (χ0n) is 13.0. The molecule has 2 fully saturated rings. The molecule has 0 aromatic heterocycles. The van der Waals surface area contributed by atoms with E-state index in [-0.39, 0.29) is 0 Å². The van der Waals surface area contributed by atoms with E-state index >= 15 is 0 Å². The summed E-state index contributed by atoms with van der Waals surface area (Å²) in [6, 6.07) is 7.24. The van der Waals surface area contributed by atoms with Crippen LogP contribution in [-0.2, 0) is 12.8 Å². The first kappa shape index (κ1) is 12.9. The lowest BCUT2D eigenvalue weighted by Crippen LogP contribution is -2.16. The van der Waals surface area contributed by atoms with Crippen molar-refractivity contribution < 1.29 is 0 Å². The van der Waals surface area contributed by atoms with Gasteiger partial charge < -0.3 is 0 Å². The summed E-state index contributed by atoms with van der Waals surface area (Å²) in [5, 5.41) is 0. The van der Waals surface area contributed by atoms with Crippen molar-refractivity contribution in [3.05, 3.63) is 34.9 Å². The van der Waals surface area contributed by atoms with Crippen molar-refractivity contribution in [3.63, 3.8) is 0 Å². The highest BCUT2D eigenvalue weighted by Gasteiger charge is 2.40. The van der Waals surface area contributed by atoms with Crippen LogP contribution < -0.4 is 0 Å². The Bertz CT molecular complexity index is 485. The predicted octanol–water partition coefficient (Wildman–Crippen LogP) is 5.64. The van der Waals surface area contributed by atoms with Crippen LogP contribution >= 0.6 is 0 Å². The summed E-state index contributed by atoms with van der Waals surface area (Å²) in [5.74, 6) is 1.84. The molecule has 3 aliphatic carbocycles. The quantitative estimate of drug-likeness (QED) is 0.618. The van der Waals surface area contributed by atoms with Gasteiger partial charge in [-0.2, -0.15) is 0 Å². The van der Waals surface area contributed by atoms with Crippen LogP contribution in [0.25, 0.3) is 0 Å². The second kappa shape index (κ2) is 4.90. The first-order chi connectivity index (χ1) is 9.76. The van der Waals surface area contributed by atoms with Gasteiger partial charge in [0.05, 0.1) is 0 Å². The summed E-state index contributed by atoms with van der Waals surface area (Å²) in [7, 11) is 0. The Morgan fingerprint density at radius 3 is 2.45 bits per heavy atom. The molecule has 3 aliphatic rings. The van der Waals surface area contributed by atoms with E-state index in [9.17, 15) is 0 Å². The van der Waals surface area contributed by atoms with Crippen molar-refractivity contribution in [2.45, 2.75) is 77.0 Å². The SMILES string of the molecule is CC1CCC(c2cccc3c2CC2(CCCC2)C3)CC1. The Labute approximate surface area is 124 Å². The van der Waals surface area contributed by atoms with Gasteiger partial charge in [-0.25, -0.2) is 0 Å². The molecule has 4 rings (SSSR count). The van der Waals surface area contributed by atoms with E-state index in [0.29, 0.717) is 5.41 Å². The molecule has 0 unspecified atom stereocenters. The van der Waals surface area contributed by atoms with Crippen LogP contribution in [0.3, 0.4) is 0 Å². The van der Waals surface area contributed by atoms with E-state index in [1.807, 2.05) is 0 Å². The minimum Gasteiger partial charge on any atom is -0.0625 e. The summed E-state index contributed by atoms with van der Waals surface area (Å²) in [6.07, 6.45) is 14.5. The zero-order valence-corrected chi connectivity index (χ0v) is 13.0. The third-order valence-corrected chi connectivity index (χ3v) is 6.55. The minimum atomic E-state index is 0.681. The molecule has 1 aromatic rings. The minimum absolute atomic E-state index is 0.681. The lowest BCUT2D eigenvalue weighted by molar-refractivity contribution is 0.315. The number of rotatable bonds is 1. The highest BCUT2D eigenvalue weighted by atomic mass is 14.4. The predicted molar refractivity (Wildman–Crippen MR) is 85.1 cm³/mol. The molecule has 20 heavy (non-hydrogen) atoms. The van der Waals surface area contributed by atoms with E-state index in [1.165, 1.54) is 64.2 Å². The molecule has 0 N–H and O–H groups in total. The lowest BCUT2D eigenvalue weighted by Gasteiger charge is -2.28. The van der Waals surface area contributed by atoms with Gasteiger partial charge in [-0.1, -0.05) is 50.8 Å². The van der Waals surface area contributed by atoms with E-state index in [2.05, 4.69) is 25.1 Å². The van der Waals surface area contributed by atoms with Crippen LogP contribution in [0.2, 0.25) is 0 Å². The van der Waals surface area contributed by atoms with Crippen LogP contribution in [0.1, 0.15) is 80.9 Å². The van der Waals surface area contributed by atoms with Crippen molar-refractivity contribution in [2.75, 3.05) is 0 Å². The molecule has 1 aromatic carbocycles. The summed E-state index contributed by atoms with van der Waals surface area (Å²) in [6.45, 7) is 2.43. The topological polar surface area (TPSA) is 0 Å². The molecule has 108 valence electrons. The Morgan fingerprint density at radius 2 is 1.70 bits per heavy atom. The number of benzene rings is 1. The lowest BCUT2D eigenvalue weighted by atomic mass is 9.77. The van der Waals surface area contributed by atoms with Crippen LogP contribution in [0.15, 0.2) is 18.2 Å². The number of hydrogen-bond acceptors (Lipinski definition) is 0. The Balaban J connectivity index is 1.62. The molecule has 0 amide bonds. The maximum absolute atomic E-state index is 2.47. The highest BCUT2D eigenvalue weighted by Crippen LogP contribution is 2.51. The van der Waals surface area contributed by atoms with Crippen molar-refractivity contribution in [2.24, 2.45) is 11.3 Å². The van der Waals surface area contributed by atoms with E-state index in [0.717, 1.165) is 11.8 Å². The monoisotopic (exact) mass is 268 g/mol. The number of fused-ring (bicyclic) bond motifs is 1. The first-order valence-electron chi connectivity index (χ1n) is 8.86. The second-order valence-electron chi connectivity index (χ2n) is 8.00. The Hall–Kier alpha value is -0.780. The molecule has 0 heterocycles. The largest absolute Gasteiger partial charge is 0.0625 e. The summed E-state index contributed by atoms with van der Waals surface area (Å²) in [5.41, 5.74) is 5.93. The van der Waals surface area contributed by atoms with E-state index in [1.54, 1.807) is 16.7 Å². The van der Waals surface area contributed by atoms with Gasteiger partial charge in [-0.05, 0) is 72.5 Å². The third kappa shape index (κ3) is 2.12. The summed E-state index contributed by atoms with van der Waals surface area (Å²) in [4.78, 5) is 0. The van der Waals surface area contributed by atoms with Gasteiger partial charge in [0.2, 0.25) is 0 Å². The summed E-state index contributed by atoms with van der Waals surface area (Å²) >= 11 is 0. The molecule has 2 saturated carbocycles. The Morgan fingerprint density at radius 1 is 0.950 bits per heavy atom. The van der Waals surface area contributed by atoms with Gasteiger partial charge in [0.1, 0.15) is 0 Å². The summed E-state index contributed by atoms with van der Waals surface area (Å²) < 4.78 is 0. The van der Waals surface area contributed by atoms with Gasteiger partial charge in [-0.15, -0.1) is 0 Å². The molecular weight excluding hydrogens is 240 g/mol. The van der Waals surface area contributed by atoms with Crippen LogP contribution in [0.5, 0.6) is 0 Å². The fraction of sp³-hybridized carbons (Fsp3) is 0.700. The fourth-order valence-electron chi connectivity index (χ4n) is 5.31. The molecule has 0 atom stereocenters. The van der Waals surface area contributed by atoms with Crippen LogP contribution in [-0.4, -0.2) is 0 Å². The standard InChI is InChI=1S/C20H28/c1-15-7-9-16(10-8-15)18-6-4-5-17-13-20(14-19(17)18)11-2-3-12-20/h4-6,15-16H,2-3,7-14H2,1H3. The van der Waals surface area contributed by atoms with Crippen LogP contribution in [0.4, 0.5) is 0 Å². The first-order valence-corrected chi connectivity index (χ1v) is 8.86. The molecule has 0 heteroatoms. The van der Waals surface area contributed by atoms with E-state index < -0.39 is 0 Å². The average molecular weight is 268 g/mol.